The van der Waals surface area contributed by atoms with E-state index in [0.29, 0.717) is 17.9 Å². The molecule has 0 aromatic carbocycles. The zero-order valence-electron chi connectivity index (χ0n) is 4.60. The van der Waals surface area contributed by atoms with E-state index in [-0.39, 0.29) is 0 Å². The number of aldehydes is 1. The van der Waals surface area contributed by atoms with Gasteiger partial charge in [-0.1, -0.05) is 0 Å². The molecule has 0 bridgehead atoms. The molecule has 0 atom stereocenters. The van der Waals surface area contributed by atoms with Crippen molar-refractivity contribution in [3.8, 4) is 0 Å². The highest BCUT2D eigenvalue weighted by Gasteiger charge is 1.99. The minimum absolute atomic E-state index is 0.324. The zero-order chi connectivity index (χ0) is 6.69. The van der Waals surface area contributed by atoms with Crippen molar-refractivity contribution in [1.29, 1.82) is 0 Å². The third-order valence-corrected chi connectivity index (χ3v) is 1.30. The van der Waals surface area contributed by atoms with Gasteiger partial charge in [0.05, 0.1) is 12.1 Å². The number of alkyl halides is 1. The van der Waals surface area contributed by atoms with E-state index in [1.54, 1.807) is 0 Å². The van der Waals surface area contributed by atoms with Gasteiger partial charge in [-0.3, -0.25) is 9.89 Å². The normalized spacial score (nSPS) is 9.44. The van der Waals surface area contributed by atoms with Gasteiger partial charge >= 0.3 is 0 Å². The van der Waals surface area contributed by atoms with E-state index in [4.69, 9.17) is 11.6 Å². The van der Waals surface area contributed by atoms with Crippen molar-refractivity contribution in [2.75, 3.05) is 0 Å². The molecule has 1 heterocycles. The number of nitrogens with one attached hydrogen (secondary N) is 1. The Balaban J connectivity index is 2.98. The molecule has 0 aliphatic rings. The number of carbonyl (C=O) groups is 1. The fourth-order valence-electron chi connectivity index (χ4n) is 0.530. The van der Waals surface area contributed by atoms with Crippen LogP contribution >= 0.6 is 11.6 Å². The van der Waals surface area contributed by atoms with Crippen molar-refractivity contribution in [2.45, 2.75) is 5.88 Å². The third kappa shape index (κ3) is 1.10. The first-order chi connectivity index (χ1) is 4.38. The Hall–Kier alpha value is -0.830. The lowest BCUT2D eigenvalue weighted by Gasteiger charge is -1.83. The molecule has 0 radical (unpaired) electrons. The van der Waals surface area contributed by atoms with E-state index in [1.165, 1.54) is 6.20 Å². The van der Waals surface area contributed by atoms with Gasteiger partial charge in [-0.15, -0.1) is 11.6 Å². The molecule has 0 saturated heterocycles. The molecule has 0 spiro atoms. The average molecular weight is 145 g/mol. The molecule has 1 aromatic heterocycles. The van der Waals surface area contributed by atoms with E-state index in [9.17, 15) is 4.79 Å². The minimum Gasteiger partial charge on any atom is -0.296 e. The molecule has 0 saturated carbocycles. The maximum Gasteiger partial charge on any atom is 0.168 e. The quantitative estimate of drug-likeness (QED) is 0.497. The predicted molar refractivity (Wildman–Crippen MR) is 33.5 cm³/mol. The predicted octanol–water partition coefficient (Wildman–Crippen LogP) is 0.961. The van der Waals surface area contributed by atoms with Crippen molar-refractivity contribution in [3.63, 3.8) is 0 Å². The average Bonchev–Trinajstić information content (AvgIpc) is 2.33. The number of halogens is 1. The monoisotopic (exact) mass is 144 g/mol. The van der Waals surface area contributed by atoms with Gasteiger partial charge in [-0.05, 0) is 0 Å². The summed E-state index contributed by atoms with van der Waals surface area (Å²) in [7, 11) is 0. The Labute approximate surface area is 57.0 Å². The first kappa shape index (κ1) is 6.29. The van der Waals surface area contributed by atoms with Crippen LogP contribution in [0.2, 0.25) is 0 Å². The highest BCUT2D eigenvalue weighted by atomic mass is 35.5. The maximum atomic E-state index is 10.1. The molecule has 1 rings (SSSR count). The highest BCUT2D eigenvalue weighted by Crippen LogP contribution is 2.03. The first-order valence-corrected chi connectivity index (χ1v) is 2.95. The number of hydrogen-bond donors (Lipinski definition) is 1. The van der Waals surface area contributed by atoms with E-state index < -0.39 is 0 Å². The van der Waals surface area contributed by atoms with Gasteiger partial charge in [0.15, 0.2) is 6.29 Å². The molecule has 1 aromatic rings. The Morgan fingerprint density at radius 1 is 1.89 bits per heavy atom. The van der Waals surface area contributed by atoms with Crippen molar-refractivity contribution in [1.82, 2.24) is 10.2 Å². The van der Waals surface area contributed by atoms with Crippen LogP contribution in [0.4, 0.5) is 0 Å². The topological polar surface area (TPSA) is 45.8 Å². The van der Waals surface area contributed by atoms with E-state index in [1.807, 2.05) is 0 Å². The number of aromatic nitrogens is 2. The fraction of sp³-hybridized carbons (Fsp3) is 0.200. The van der Waals surface area contributed by atoms with E-state index in [2.05, 4.69) is 10.2 Å². The summed E-state index contributed by atoms with van der Waals surface area (Å²) in [5.41, 5.74) is 1.21. The number of H-pyrrole nitrogens is 1. The summed E-state index contributed by atoms with van der Waals surface area (Å²) in [5.74, 6) is 0.324. The Morgan fingerprint density at radius 3 is 3.11 bits per heavy atom. The van der Waals surface area contributed by atoms with Crippen LogP contribution < -0.4 is 0 Å². The Kier molecular flexibility index (Phi) is 1.85. The van der Waals surface area contributed by atoms with Crippen LogP contribution in [0.15, 0.2) is 6.20 Å². The summed E-state index contributed by atoms with van der Waals surface area (Å²) >= 11 is 5.43. The lowest BCUT2D eigenvalue weighted by Crippen LogP contribution is -1.83. The second kappa shape index (κ2) is 2.64. The zero-order valence-corrected chi connectivity index (χ0v) is 5.35. The second-order valence-corrected chi connectivity index (χ2v) is 1.83. The lowest BCUT2D eigenvalue weighted by molar-refractivity contribution is 0.111. The smallest absolute Gasteiger partial charge is 0.168 e. The third-order valence-electron chi connectivity index (χ3n) is 1.01. The number of aromatic amines is 1. The maximum absolute atomic E-state index is 10.1. The molecule has 0 aliphatic carbocycles. The largest absolute Gasteiger partial charge is 0.296 e. The van der Waals surface area contributed by atoms with Crippen molar-refractivity contribution in [3.05, 3.63) is 17.5 Å². The molecule has 1 N–H and O–H groups in total. The number of nitrogens with zero attached hydrogens (tertiary/aromatic N) is 1. The van der Waals surface area contributed by atoms with Gasteiger partial charge in [0.2, 0.25) is 0 Å². The van der Waals surface area contributed by atoms with Gasteiger partial charge in [0.1, 0.15) is 5.69 Å². The highest BCUT2D eigenvalue weighted by molar-refractivity contribution is 6.17. The standard InChI is InChI=1S/C5H5ClN2O/c6-1-4-2-7-8-5(4)3-9/h2-3H,1H2,(H,7,8). The van der Waals surface area contributed by atoms with Crippen LogP contribution in [0.5, 0.6) is 0 Å². The molecule has 0 aliphatic heterocycles. The molecule has 9 heavy (non-hydrogen) atoms. The summed E-state index contributed by atoms with van der Waals surface area (Å²) in [6.45, 7) is 0. The number of rotatable bonds is 2. The summed E-state index contributed by atoms with van der Waals surface area (Å²) in [4.78, 5) is 10.1. The van der Waals surface area contributed by atoms with E-state index in [0.717, 1.165) is 5.56 Å². The summed E-state index contributed by atoms with van der Waals surface area (Å²) < 4.78 is 0. The van der Waals surface area contributed by atoms with Gasteiger partial charge in [0.25, 0.3) is 0 Å². The number of hydrogen-bond acceptors (Lipinski definition) is 2. The molecule has 48 valence electrons. The van der Waals surface area contributed by atoms with Gasteiger partial charge < -0.3 is 0 Å². The molecule has 4 heteroatoms. The SMILES string of the molecule is O=Cc1[nH]ncc1CCl. The van der Waals surface area contributed by atoms with Crippen molar-refractivity contribution in [2.24, 2.45) is 0 Å². The van der Waals surface area contributed by atoms with Crippen LogP contribution in [0.25, 0.3) is 0 Å². The van der Waals surface area contributed by atoms with Gasteiger partial charge in [-0.2, -0.15) is 5.10 Å². The van der Waals surface area contributed by atoms with Crippen LogP contribution in [0, 0.1) is 0 Å². The summed E-state index contributed by atoms with van der Waals surface area (Å²) in [6.07, 6.45) is 2.24. The molecular weight excluding hydrogens is 140 g/mol. The second-order valence-electron chi connectivity index (χ2n) is 1.56. The first-order valence-electron chi connectivity index (χ1n) is 2.42. The fourth-order valence-corrected chi connectivity index (χ4v) is 0.743. The van der Waals surface area contributed by atoms with E-state index >= 15 is 0 Å². The van der Waals surface area contributed by atoms with Crippen LogP contribution in [-0.4, -0.2) is 16.5 Å². The van der Waals surface area contributed by atoms with Gasteiger partial charge in [0, 0.05) is 5.56 Å². The molecule has 0 fully saturated rings. The number of carbonyl (C=O) groups excluding carboxylic acids is 1. The van der Waals surface area contributed by atoms with Crippen LogP contribution in [0.1, 0.15) is 16.1 Å². The van der Waals surface area contributed by atoms with Crippen LogP contribution in [-0.2, 0) is 5.88 Å². The Bertz CT molecular complexity index is 208. The van der Waals surface area contributed by atoms with Crippen molar-refractivity contribution >= 4 is 17.9 Å². The molecule has 3 nitrogen and oxygen atoms in total. The molecule has 0 amide bonds. The minimum atomic E-state index is 0.324. The summed E-state index contributed by atoms with van der Waals surface area (Å²) in [6, 6.07) is 0. The Morgan fingerprint density at radius 2 is 2.67 bits per heavy atom. The van der Waals surface area contributed by atoms with Gasteiger partial charge in [-0.25, -0.2) is 0 Å². The molecular formula is C5H5ClN2O. The summed E-state index contributed by atoms with van der Waals surface area (Å²) in [5, 5.41) is 6.13. The molecule has 0 unspecified atom stereocenters. The van der Waals surface area contributed by atoms with Crippen molar-refractivity contribution < 1.29 is 4.79 Å². The lowest BCUT2D eigenvalue weighted by atomic mass is 10.3. The van der Waals surface area contributed by atoms with Crippen LogP contribution in [0.3, 0.4) is 0 Å².